The first-order chi connectivity index (χ1) is 11.6. The molecule has 0 atom stereocenters. The first-order valence-corrected chi connectivity index (χ1v) is 7.43. The third-order valence-electron chi connectivity index (χ3n) is 3.86. The van der Waals surface area contributed by atoms with Gasteiger partial charge in [0.2, 0.25) is 0 Å². The van der Waals surface area contributed by atoms with E-state index in [0.29, 0.717) is 17.0 Å². The van der Waals surface area contributed by atoms with Gasteiger partial charge in [0.1, 0.15) is 5.82 Å². The first-order valence-electron chi connectivity index (χ1n) is 7.43. The Hall–Kier alpha value is -3.28. The van der Waals surface area contributed by atoms with Crippen molar-refractivity contribution in [2.24, 2.45) is 0 Å². The topological polar surface area (TPSA) is 63.0 Å². The van der Waals surface area contributed by atoms with Crippen LogP contribution in [0, 0.1) is 12.7 Å². The number of aromatic amines is 1. The summed E-state index contributed by atoms with van der Waals surface area (Å²) in [5.41, 5.74) is 3.74. The largest absolute Gasteiger partial charge is 0.293 e. The van der Waals surface area contributed by atoms with Crippen LogP contribution in [0.2, 0.25) is 0 Å². The minimum Gasteiger partial charge on any atom is -0.293 e. The van der Waals surface area contributed by atoms with Crippen molar-refractivity contribution in [3.05, 3.63) is 76.6 Å². The van der Waals surface area contributed by atoms with Gasteiger partial charge in [-0.1, -0.05) is 18.2 Å². The zero-order chi connectivity index (χ0) is 16.7. The molecule has 3 heterocycles. The summed E-state index contributed by atoms with van der Waals surface area (Å²) in [5, 5.41) is 3.01. The predicted octanol–water partition coefficient (Wildman–Crippen LogP) is 3.20. The van der Waals surface area contributed by atoms with Crippen LogP contribution in [-0.2, 0) is 0 Å². The van der Waals surface area contributed by atoms with E-state index in [1.165, 1.54) is 22.7 Å². The molecule has 1 N–H and O–H groups in total. The van der Waals surface area contributed by atoms with E-state index in [-0.39, 0.29) is 11.4 Å². The van der Waals surface area contributed by atoms with Crippen molar-refractivity contribution in [2.75, 3.05) is 0 Å². The molecule has 4 rings (SSSR count). The second-order valence-corrected chi connectivity index (χ2v) is 5.47. The minimum absolute atomic E-state index is 0.225. The SMILES string of the molecule is Cc1[nH]n2c(=O)cc(-c3ccccn3)nc2c1-c1ccc(F)cc1. The molecular weight excluding hydrogens is 307 g/mol. The Labute approximate surface area is 136 Å². The summed E-state index contributed by atoms with van der Waals surface area (Å²) in [7, 11) is 0. The predicted molar refractivity (Wildman–Crippen MR) is 89.2 cm³/mol. The lowest BCUT2D eigenvalue weighted by atomic mass is 10.1. The zero-order valence-corrected chi connectivity index (χ0v) is 12.8. The van der Waals surface area contributed by atoms with Crippen LogP contribution in [0.1, 0.15) is 5.69 Å². The summed E-state index contributed by atoms with van der Waals surface area (Å²) >= 11 is 0. The highest BCUT2D eigenvalue weighted by Gasteiger charge is 2.15. The number of fused-ring (bicyclic) bond motifs is 1. The van der Waals surface area contributed by atoms with Gasteiger partial charge in [-0.3, -0.25) is 14.9 Å². The lowest BCUT2D eigenvalue weighted by Crippen LogP contribution is -2.14. The maximum atomic E-state index is 13.2. The second kappa shape index (κ2) is 5.42. The molecule has 0 fully saturated rings. The molecule has 118 valence electrons. The molecule has 0 aliphatic rings. The molecule has 3 aromatic heterocycles. The minimum atomic E-state index is -0.310. The fourth-order valence-electron chi connectivity index (χ4n) is 2.76. The molecule has 6 heteroatoms. The molecule has 0 saturated carbocycles. The zero-order valence-electron chi connectivity index (χ0n) is 12.8. The number of nitrogens with one attached hydrogen (secondary N) is 1. The maximum absolute atomic E-state index is 13.2. The van der Waals surface area contributed by atoms with Crippen LogP contribution in [0.25, 0.3) is 28.2 Å². The Morgan fingerprint density at radius 1 is 1.08 bits per heavy atom. The lowest BCUT2D eigenvalue weighted by molar-refractivity contribution is 0.628. The van der Waals surface area contributed by atoms with Crippen LogP contribution in [0.3, 0.4) is 0 Å². The van der Waals surface area contributed by atoms with Crippen molar-refractivity contribution in [1.82, 2.24) is 19.6 Å². The molecule has 0 spiro atoms. The Morgan fingerprint density at radius 3 is 2.58 bits per heavy atom. The summed E-state index contributed by atoms with van der Waals surface area (Å²) in [6.45, 7) is 1.85. The molecule has 0 aliphatic heterocycles. The quantitative estimate of drug-likeness (QED) is 0.617. The van der Waals surface area contributed by atoms with Crippen LogP contribution < -0.4 is 5.56 Å². The van der Waals surface area contributed by atoms with Crippen molar-refractivity contribution in [1.29, 1.82) is 0 Å². The third kappa shape index (κ3) is 2.28. The number of aryl methyl sites for hydroxylation is 1. The Balaban J connectivity index is 2.01. The highest BCUT2D eigenvalue weighted by atomic mass is 19.1. The highest BCUT2D eigenvalue weighted by molar-refractivity contribution is 5.80. The van der Waals surface area contributed by atoms with Gasteiger partial charge in [-0.15, -0.1) is 0 Å². The number of benzene rings is 1. The van der Waals surface area contributed by atoms with E-state index >= 15 is 0 Å². The smallest absolute Gasteiger partial charge is 0.273 e. The van der Waals surface area contributed by atoms with E-state index in [1.54, 1.807) is 30.5 Å². The molecule has 0 saturated heterocycles. The van der Waals surface area contributed by atoms with Crippen LogP contribution in [0.4, 0.5) is 4.39 Å². The fourth-order valence-corrected chi connectivity index (χ4v) is 2.76. The molecule has 4 aromatic rings. The number of halogens is 1. The number of pyridine rings is 1. The van der Waals surface area contributed by atoms with Crippen molar-refractivity contribution in [3.63, 3.8) is 0 Å². The normalized spacial score (nSPS) is 11.1. The van der Waals surface area contributed by atoms with E-state index < -0.39 is 0 Å². The first kappa shape index (κ1) is 14.3. The summed E-state index contributed by atoms with van der Waals surface area (Å²) in [5.74, 6) is -0.310. The number of hydrogen-bond acceptors (Lipinski definition) is 3. The van der Waals surface area contributed by atoms with Gasteiger partial charge >= 0.3 is 0 Å². The molecule has 0 unspecified atom stereocenters. The maximum Gasteiger partial charge on any atom is 0.273 e. The van der Waals surface area contributed by atoms with E-state index in [9.17, 15) is 9.18 Å². The lowest BCUT2D eigenvalue weighted by Gasteiger charge is -2.03. The summed E-state index contributed by atoms with van der Waals surface area (Å²) in [4.78, 5) is 21.3. The Morgan fingerprint density at radius 2 is 1.88 bits per heavy atom. The number of H-pyrrole nitrogens is 1. The molecule has 1 aromatic carbocycles. The van der Waals surface area contributed by atoms with Gasteiger partial charge in [0.15, 0.2) is 5.65 Å². The molecular formula is C18H13FN4O. The summed E-state index contributed by atoms with van der Waals surface area (Å²) in [6, 6.07) is 13.0. The van der Waals surface area contributed by atoms with Crippen LogP contribution >= 0.6 is 0 Å². The Bertz CT molecular complexity index is 1080. The number of nitrogens with zero attached hydrogens (tertiary/aromatic N) is 3. The van der Waals surface area contributed by atoms with E-state index in [0.717, 1.165) is 16.8 Å². The standard InChI is InChI=1S/C18H13FN4O/c1-11-17(12-5-7-13(19)8-6-12)18-21-15(10-16(24)23(18)22-11)14-4-2-3-9-20-14/h2-10,22H,1H3. The second-order valence-electron chi connectivity index (χ2n) is 5.47. The van der Waals surface area contributed by atoms with Gasteiger partial charge < -0.3 is 0 Å². The number of hydrogen-bond donors (Lipinski definition) is 1. The molecule has 24 heavy (non-hydrogen) atoms. The molecule has 0 bridgehead atoms. The Kier molecular flexibility index (Phi) is 3.23. The van der Waals surface area contributed by atoms with Crippen molar-refractivity contribution >= 4 is 5.65 Å². The number of aromatic nitrogens is 4. The molecule has 5 nitrogen and oxygen atoms in total. The fraction of sp³-hybridized carbons (Fsp3) is 0.0556. The van der Waals surface area contributed by atoms with E-state index in [4.69, 9.17) is 0 Å². The summed E-state index contributed by atoms with van der Waals surface area (Å²) < 4.78 is 14.6. The van der Waals surface area contributed by atoms with E-state index in [1.807, 2.05) is 13.0 Å². The van der Waals surface area contributed by atoms with Gasteiger partial charge in [-0.2, -0.15) is 0 Å². The number of rotatable bonds is 2. The van der Waals surface area contributed by atoms with Gasteiger partial charge in [-0.25, -0.2) is 13.9 Å². The monoisotopic (exact) mass is 320 g/mol. The van der Waals surface area contributed by atoms with Crippen molar-refractivity contribution in [3.8, 4) is 22.5 Å². The summed E-state index contributed by atoms with van der Waals surface area (Å²) in [6.07, 6.45) is 1.65. The van der Waals surface area contributed by atoms with Crippen molar-refractivity contribution in [2.45, 2.75) is 6.92 Å². The van der Waals surface area contributed by atoms with Crippen LogP contribution in [0.5, 0.6) is 0 Å². The van der Waals surface area contributed by atoms with Crippen LogP contribution in [0.15, 0.2) is 59.5 Å². The average Bonchev–Trinajstić information content (AvgIpc) is 2.93. The third-order valence-corrected chi connectivity index (χ3v) is 3.86. The molecule has 0 amide bonds. The average molecular weight is 320 g/mol. The van der Waals surface area contributed by atoms with E-state index in [2.05, 4.69) is 15.1 Å². The van der Waals surface area contributed by atoms with Gasteiger partial charge in [0.25, 0.3) is 5.56 Å². The highest BCUT2D eigenvalue weighted by Crippen LogP contribution is 2.27. The molecule has 0 radical (unpaired) electrons. The molecule has 0 aliphatic carbocycles. The van der Waals surface area contributed by atoms with Gasteiger partial charge in [-0.05, 0) is 36.8 Å². The van der Waals surface area contributed by atoms with Gasteiger partial charge in [0, 0.05) is 23.5 Å². The van der Waals surface area contributed by atoms with Crippen molar-refractivity contribution < 1.29 is 4.39 Å². The van der Waals surface area contributed by atoms with Gasteiger partial charge in [0.05, 0.1) is 11.4 Å². The van der Waals surface area contributed by atoms with Crippen LogP contribution in [-0.4, -0.2) is 19.6 Å².